The SMILES string of the molecule is CCC(C)C(N)CNCCCCC(C)C. The molecule has 0 amide bonds. The predicted octanol–water partition coefficient (Wildman–Crippen LogP) is 2.78. The van der Waals surface area contributed by atoms with Gasteiger partial charge in [0.05, 0.1) is 0 Å². The smallest absolute Gasteiger partial charge is 0.0191 e. The predicted molar refractivity (Wildman–Crippen MR) is 69.0 cm³/mol. The van der Waals surface area contributed by atoms with Gasteiger partial charge in [0.1, 0.15) is 0 Å². The van der Waals surface area contributed by atoms with Crippen molar-refractivity contribution in [1.29, 1.82) is 0 Å². The standard InChI is InChI=1S/C13H30N2/c1-5-12(4)13(14)10-15-9-7-6-8-11(2)3/h11-13,15H,5-10,14H2,1-4H3. The first kappa shape index (κ1) is 14.9. The first-order valence-electron chi connectivity index (χ1n) is 6.54. The lowest BCUT2D eigenvalue weighted by molar-refractivity contribution is 0.414. The molecule has 3 N–H and O–H groups in total. The summed E-state index contributed by atoms with van der Waals surface area (Å²) >= 11 is 0. The summed E-state index contributed by atoms with van der Waals surface area (Å²) in [7, 11) is 0. The van der Waals surface area contributed by atoms with Gasteiger partial charge in [-0.15, -0.1) is 0 Å². The maximum atomic E-state index is 6.03. The lowest BCUT2D eigenvalue weighted by atomic mass is 10.00. The Morgan fingerprint density at radius 3 is 2.33 bits per heavy atom. The molecule has 0 aromatic rings. The van der Waals surface area contributed by atoms with Crippen LogP contribution in [0.2, 0.25) is 0 Å². The molecule has 0 aromatic heterocycles. The maximum absolute atomic E-state index is 6.03. The molecule has 2 nitrogen and oxygen atoms in total. The fraction of sp³-hybridized carbons (Fsp3) is 1.00. The highest BCUT2D eigenvalue weighted by Crippen LogP contribution is 2.06. The molecule has 2 atom stereocenters. The second kappa shape index (κ2) is 9.17. The number of hydrogen-bond acceptors (Lipinski definition) is 2. The molecule has 2 unspecified atom stereocenters. The minimum absolute atomic E-state index is 0.320. The van der Waals surface area contributed by atoms with Crippen LogP contribution < -0.4 is 11.1 Å². The molecular formula is C13H30N2. The zero-order chi connectivity index (χ0) is 11.7. The van der Waals surface area contributed by atoms with E-state index >= 15 is 0 Å². The third-order valence-electron chi connectivity index (χ3n) is 3.14. The Labute approximate surface area is 96.0 Å². The molecule has 0 heterocycles. The summed E-state index contributed by atoms with van der Waals surface area (Å²) in [5.74, 6) is 1.47. The minimum Gasteiger partial charge on any atom is -0.326 e. The van der Waals surface area contributed by atoms with Crippen molar-refractivity contribution in [2.45, 2.75) is 59.4 Å². The average Bonchev–Trinajstić information content (AvgIpc) is 2.21. The number of rotatable bonds is 9. The number of nitrogens with one attached hydrogen (secondary N) is 1. The summed E-state index contributed by atoms with van der Waals surface area (Å²) in [4.78, 5) is 0. The summed E-state index contributed by atoms with van der Waals surface area (Å²) in [5, 5.41) is 3.45. The van der Waals surface area contributed by atoms with Gasteiger partial charge < -0.3 is 11.1 Å². The lowest BCUT2D eigenvalue weighted by Gasteiger charge is -2.18. The van der Waals surface area contributed by atoms with Gasteiger partial charge in [-0.3, -0.25) is 0 Å². The number of hydrogen-bond donors (Lipinski definition) is 2. The normalized spacial score (nSPS) is 15.6. The van der Waals surface area contributed by atoms with E-state index in [1.807, 2.05) is 0 Å². The van der Waals surface area contributed by atoms with Gasteiger partial charge in [0.15, 0.2) is 0 Å². The Morgan fingerprint density at radius 1 is 1.13 bits per heavy atom. The van der Waals surface area contributed by atoms with Crippen LogP contribution in [0.3, 0.4) is 0 Å². The first-order valence-corrected chi connectivity index (χ1v) is 6.54. The molecular weight excluding hydrogens is 184 g/mol. The van der Waals surface area contributed by atoms with E-state index in [-0.39, 0.29) is 0 Å². The minimum atomic E-state index is 0.320. The summed E-state index contributed by atoms with van der Waals surface area (Å²) in [6.07, 6.45) is 5.14. The van der Waals surface area contributed by atoms with E-state index in [1.54, 1.807) is 0 Å². The second-order valence-electron chi connectivity index (χ2n) is 5.14. The highest BCUT2D eigenvalue weighted by atomic mass is 14.9. The summed E-state index contributed by atoms with van der Waals surface area (Å²) in [5.41, 5.74) is 6.03. The van der Waals surface area contributed by atoms with Gasteiger partial charge in [-0.05, 0) is 24.8 Å². The van der Waals surface area contributed by atoms with E-state index < -0.39 is 0 Å². The van der Waals surface area contributed by atoms with Gasteiger partial charge in [0, 0.05) is 12.6 Å². The van der Waals surface area contributed by atoms with Gasteiger partial charge in [-0.2, -0.15) is 0 Å². The van der Waals surface area contributed by atoms with Crippen molar-refractivity contribution in [3.63, 3.8) is 0 Å². The Balaban J connectivity index is 3.23. The van der Waals surface area contributed by atoms with E-state index in [9.17, 15) is 0 Å². The van der Waals surface area contributed by atoms with Gasteiger partial charge in [-0.25, -0.2) is 0 Å². The van der Waals surface area contributed by atoms with Crippen LogP contribution in [0.15, 0.2) is 0 Å². The van der Waals surface area contributed by atoms with Crippen LogP contribution in [-0.2, 0) is 0 Å². The van der Waals surface area contributed by atoms with Crippen LogP contribution in [0.5, 0.6) is 0 Å². The third-order valence-corrected chi connectivity index (χ3v) is 3.14. The van der Waals surface area contributed by atoms with Gasteiger partial charge in [-0.1, -0.05) is 47.0 Å². The molecule has 0 aromatic carbocycles. The highest BCUT2D eigenvalue weighted by molar-refractivity contribution is 4.70. The highest BCUT2D eigenvalue weighted by Gasteiger charge is 2.09. The topological polar surface area (TPSA) is 38.0 Å². The molecule has 15 heavy (non-hydrogen) atoms. The Hall–Kier alpha value is -0.0800. The fourth-order valence-corrected chi connectivity index (χ4v) is 1.58. The Morgan fingerprint density at radius 2 is 1.80 bits per heavy atom. The van der Waals surface area contributed by atoms with E-state index in [0.717, 1.165) is 19.0 Å². The molecule has 0 spiro atoms. The van der Waals surface area contributed by atoms with Crippen molar-refractivity contribution >= 4 is 0 Å². The molecule has 0 radical (unpaired) electrons. The molecule has 2 heteroatoms. The van der Waals surface area contributed by atoms with Gasteiger partial charge >= 0.3 is 0 Å². The van der Waals surface area contributed by atoms with Crippen molar-refractivity contribution in [3.8, 4) is 0 Å². The number of unbranched alkanes of at least 4 members (excludes halogenated alkanes) is 1. The van der Waals surface area contributed by atoms with Crippen LogP contribution >= 0.6 is 0 Å². The molecule has 0 saturated carbocycles. The lowest BCUT2D eigenvalue weighted by Crippen LogP contribution is -2.39. The quantitative estimate of drug-likeness (QED) is 0.579. The molecule has 0 rings (SSSR count). The third kappa shape index (κ3) is 8.88. The van der Waals surface area contributed by atoms with Crippen molar-refractivity contribution < 1.29 is 0 Å². The van der Waals surface area contributed by atoms with Gasteiger partial charge in [0.2, 0.25) is 0 Å². The summed E-state index contributed by atoms with van der Waals surface area (Å²) < 4.78 is 0. The maximum Gasteiger partial charge on any atom is 0.0191 e. The second-order valence-corrected chi connectivity index (χ2v) is 5.14. The zero-order valence-electron chi connectivity index (χ0n) is 11.1. The summed E-state index contributed by atoms with van der Waals surface area (Å²) in [6, 6.07) is 0.320. The van der Waals surface area contributed by atoms with Gasteiger partial charge in [0.25, 0.3) is 0 Å². The van der Waals surface area contributed by atoms with E-state index in [1.165, 1.54) is 25.7 Å². The zero-order valence-corrected chi connectivity index (χ0v) is 11.1. The molecule has 0 saturated heterocycles. The number of nitrogens with two attached hydrogens (primary N) is 1. The molecule has 0 bridgehead atoms. The van der Waals surface area contributed by atoms with Crippen LogP contribution in [0.25, 0.3) is 0 Å². The molecule has 0 aliphatic carbocycles. The van der Waals surface area contributed by atoms with Crippen LogP contribution in [0, 0.1) is 11.8 Å². The van der Waals surface area contributed by atoms with E-state index in [2.05, 4.69) is 33.0 Å². The van der Waals surface area contributed by atoms with Crippen molar-refractivity contribution in [3.05, 3.63) is 0 Å². The van der Waals surface area contributed by atoms with Crippen molar-refractivity contribution in [1.82, 2.24) is 5.32 Å². The average molecular weight is 214 g/mol. The van der Waals surface area contributed by atoms with Crippen LogP contribution in [-0.4, -0.2) is 19.1 Å². The molecule has 0 aliphatic heterocycles. The van der Waals surface area contributed by atoms with E-state index in [4.69, 9.17) is 5.73 Å². The largest absolute Gasteiger partial charge is 0.326 e. The van der Waals surface area contributed by atoms with Crippen molar-refractivity contribution in [2.24, 2.45) is 17.6 Å². The van der Waals surface area contributed by atoms with E-state index in [0.29, 0.717) is 12.0 Å². The monoisotopic (exact) mass is 214 g/mol. The molecule has 0 fully saturated rings. The Kier molecular flexibility index (Phi) is 9.12. The Bertz CT molecular complexity index is 134. The first-order chi connectivity index (χ1) is 7.07. The molecule has 92 valence electrons. The fourth-order valence-electron chi connectivity index (χ4n) is 1.58. The molecule has 0 aliphatic rings. The summed E-state index contributed by atoms with van der Waals surface area (Å²) in [6.45, 7) is 11.1. The van der Waals surface area contributed by atoms with Crippen molar-refractivity contribution in [2.75, 3.05) is 13.1 Å². The van der Waals surface area contributed by atoms with Crippen LogP contribution in [0.4, 0.5) is 0 Å². The van der Waals surface area contributed by atoms with Crippen LogP contribution in [0.1, 0.15) is 53.4 Å².